The zero-order valence-corrected chi connectivity index (χ0v) is 8.28. The second kappa shape index (κ2) is 5.33. The molecule has 0 spiro atoms. The first kappa shape index (κ1) is 11.5. The minimum absolute atomic E-state index is 0.150. The number of aliphatic carboxylic acids is 1. The standard InChI is InChI=1S/C9H14N2O4/c12-7(3-6-1-2-6)10-4-8(13)11-5-9(14)15/h6H,1-5H2,(H,10,12)(H,11,13)(H,14,15). The molecule has 0 saturated heterocycles. The average molecular weight is 214 g/mol. The van der Waals surface area contributed by atoms with Gasteiger partial charge in [0.25, 0.3) is 0 Å². The van der Waals surface area contributed by atoms with Crippen LogP contribution in [0, 0.1) is 5.92 Å². The molecule has 84 valence electrons. The Hall–Kier alpha value is -1.59. The molecule has 1 saturated carbocycles. The van der Waals surface area contributed by atoms with Crippen molar-refractivity contribution >= 4 is 17.8 Å². The lowest BCUT2D eigenvalue weighted by Crippen LogP contribution is -2.39. The Bertz CT molecular complexity index is 273. The molecule has 3 N–H and O–H groups in total. The van der Waals surface area contributed by atoms with E-state index in [2.05, 4.69) is 10.6 Å². The van der Waals surface area contributed by atoms with E-state index in [0.29, 0.717) is 12.3 Å². The van der Waals surface area contributed by atoms with Gasteiger partial charge in [-0.15, -0.1) is 0 Å². The highest BCUT2D eigenvalue weighted by molar-refractivity contribution is 5.86. The number of rotatable bonds is 6. The summed E-state index contributed by atoms with van der Waals surface area (Å²) < 4.78 is 0. The van der Waals surface area contributed by atoms with E-state index in [4.69, 9.17) is 5.11 Å². The van der Waals surface area contributed by atoms with Gasteiger partial charge in [-0.3, -0.25) is 14.4 Å². The van der Waals surface area contributed by atoms with Crippen LogP contribution in [0.15, 0.2) is 0 Å². The molecule has 0 aliphatic heterocycles. The van der Waals surface area contributed by atoms with Gasteiger partial charge in [0.15, 0.2) is 0 Å². The van der Waals surface area contributed by atoms with E-state index in [1.807, 2.05) is 0 Å². The van der Waals surface area contributed by atoms with Crippen molar-refractivity contribution in [2.24, 2.45) is 5.92 Å². The largest absolute Gasteiger partial charge is 0.480 e. The third-order valence-electron chi connectivity index (χ3n) is 2.05. The Morgan fingerprint density at radius 2 is 1.67 bits per heavy atom. The maximum Gasteiger partial charge on any atom is 0.322 e. The average Bonchev–Trinajstić information content (AvgIpc) is 2.95. The van der Waals surface area contributed by atoms with Gasteiger partial charge in [0.05, 0.1) is 6.54 Å². The number of hydrogen-bond acceptors (Lipinski definition) is 3. The lowest BCUT2D eigenvalue weighted by Gasteiger charge is -2.04. The van der Waals surface area contributed by atoms with E-state index < -0.39 is 18.4 Å². The second-order valence-electron chi connectivity index (χ2n) is 3.59. The Morgan fingerprint density at radius 3 is 2.20 bits per heavy atom. The maximum atomic E-state index is 11.1. The van der Waals surface area contributed by atoms with E-state index in [0.717, 1.165) is 12.8 Å². The lowest BCUT2D eigenvalue weighted by molar-refractivity contribution is -0.137. The van der Waals surface area contributed by atoms with Gasteiger partial charge in [-0.1, -0.05) is 0 Å². The fourth-order valence-electron chi connectivity index (χ4n) is 1.07. The summed E-state index contributed by atoms with van der Waals surface area (Å²) in [6.07, 6.45) is 2.63. The van der Waals surface area contributed by atoms with Crippen molar-refractivity contribution in [3.63, 3.8) is 0 Å². The second-order valence-corrected chi connectivity index (χ2v) is 3.59. The van der Waals surface area contributed by atoms with Crippen molar-refractivity contribution in [3.05, 3.63) is 0 Å². The molecule has 0 aromatic heterocycles. The minimum Gasteiger partial charge on any atom is -0.480 e. The van der Waals surface area contributed by atoms with Gasteiger partial charge in [0.1, 0.15) is 6.54 Å². The fourth-order valence-corrected chi connectivity index (χ4v) is 1.07. The summed E-state index contributed by atoms with van der Waals surface area (Å²) in [5, 5.41) is 12.9. The van der Waals surface area contributed by atoms with Gasteiger partial charge in [-0.2, -0.15) is 0 Å². The van der Waals surface area contributed by atoms with Crippen LogP contribution in [-0.2, 0) is 14.4 Å². The first-order chi connectivity index (χ1) is 7.08. The molecule has 0 heterocycles. The van der Waals surface area contributed by atoms with E-state index in [1.54, 1.807) is 0 Å². The number of carboxylic acid groups (broad SMARTS) is 1. The Kier molecular flexibility index (Phi) is 4.08. The van der Waals surface area contributed by atoms with Crippen LogP contribution in [0.1, 0.15) is 19.3 Å². The first-order valence-electron chi connectivity index (χ1n) is 4.83. The zero-order chi connectivity index (χ0) is 11.3. The summed E-state index contributed by atoms with van der Waals surface area (Å²) >= 11 is 0. The molecule has 0 aromatic rings. The Labute approximate surface area is 87.0 Å². The third-order valence-corrected chi connectivity index (χ3v) is 2.05. The lowest BCUT2D eigenvalue weighted by atomic mass is 10.3. The summed E-state index contributed by atoms with van der Waals surface area (Å²) in [5.74, 6) is -1.26. The zero-order valence-electron chi connectivity index (χ0n) is 8.28. The molecule has 0 unspecified atom stereocenters. The molecule has 2 amide bonds. The summed E-state index contributed by atoms with van der Waals surface area (Å²) in [6, 6.07) is 0. The van der Waals surface area contributed by atoms with Crippen LogP contribution in [0.25, 0.3) is 0 Å². The molecule has 1 aliphatic carbocycles. The third kappa shape index (κ3) is 5.66. The van der Waals surface area contributed by atoms with Crippen molar-refractivity contribution in [2.45, 2.75) is 19.3 Å². The summed E-state index contributed by atoms with van der Waals surface area (Å²) in [6.45, 7) is -0.573. The van der Waals surface area contributed by atoms with Gasteiger partial charge in [-0.25, -0.2) is 0 Å². The molecule has 6 nitrogen and oxygen atoms in total. The van der Waals surface area contributed by atoms with Crippen LogP contribution < -0.4 is 10.6 Å². The van der Waals surface area contributed by atoms with Gasteiger partial charge in [0.2, 0.25) is 11.8 Å². The van der Waals surface area contributed by atoms with E-state index in [1.165, 1.54) is 0 Å². The number of amides is 2. The minimum atomic E-state index is -1.10. The highest BCUT2D eigenvalue weighted by atomic mass is 16.4. The topological polar surface area (TPSA) is 95.5 Å². The van der Waals surface area contributed by atoms with E-state index in [-0.39, 0.29) is 12.5 Å². The monoisotopic (exact) mass is 214 g/mol. The molecule has 0 radical (unpaired) electrons. The molecule has 0 aromatic carbocycles. The van der Waals surface area contributed by atoms with Gasteiger partial charge in [-0.05, 0) is 18.8 Å². The Morgan fingerprint density at radius 1 is 1.07 bits per heavy atom. The van der Waals surface area contributed by atoms with E-state index >= 15 is 0 Å². The Balaban J connectivity index is 2.04. The van der Waals surface area contributed by atoms with Crippen molar-refractivity contribution < 1.29 is 19.5 Å². The SMILES string of the molecule is O=C(O)CNC(=O)CNC(=O)CC1CC1. The van der Waals surface area contributed by atoms with Crippen LogP contribution >= 0.6 is 0 Å². The number of carbonyl (C=O) groups excluding carboxylic acids is 2. The normalized spacial score (nSPS) is 14.4. The van der Waals surface area contributed by atoms with Crippen LogP contribution in [0.2, 0.25) is 0 Å². The molecule has 1 fully saturated rings. The highest BCUT2D eigenvalue weighted by Gasteiger charge is 2.24. The molecule has 1 rings (SSSR count). The summed E-state index contributed by atoms with van der Waals surface area (Å²) in [7, 11) is 0. The molecule has 15 heavy (non-hydrogen) atoms. The van der Waals surface area contributed by atoms with E-state index in [9.17, 15) is 14.4 Å². The van der Waals surface area contributed by atoms with Crippen LogP contribution in [0.5, 0.6) is 0 Å². The molecule has 1 aliphatic rings. The molecular formula is C9H14N2O4. The van der Waals surface area contributed by atoms with Gasteiger partial charge < -0.3 is 15.7 Å². The fraction of sp³-hybridized carbons (Fsp3) is 0.667. The smallest absolute Gasteiger partial charge is 0.322 e. The highest BCUT2D eigenvalue weighted by Crippen LogP contribution is 2.31. The molecule has 0 atom stereocenters. The van der Waals surface area contributed by atoms with Crippen molar-refractivity contribution in [2.75, 3.05) is 13.1 Å². The molecule has 6 heteroatoms. The maximum absolute atomic E-state index is 11.1. The van der Waals surface area contributed by atoms with Crippen LogP contribution in [0.3, 0.4) is 0 Å². The van der Waals surface area contributed by atoms with Gasteiger partial charge >= 0.3 is 5.97 Å². The van der Waals surface area contributed by atoms with Crippen molar-refractivity contribution in [1.82, 2.24) is 10.6 Å². The number of carbonyl (C=O) groups is 3. The quantitative estimate of drug-likeness (QED) is 0.534. The predicted octanol–water partition coefficient (Wildman–Crippen LogP) is -0.897. The van der Waals surface area contributed by atoms with Crippen LogP contribution in [0.4, 0.5) is 0 Å². The molecular weight excluding hydrogens is 200 g/mol. The van der Waals surface area contributed by atoms with Crippen molar-refractivity contribution in [1.29, 1.82) is 0 Å². The van der Waals surface area contributed by atoms with Crippen LogP contribution in [-0.4, -0.2) is 36.0 Å². The number of nitrogens with one attached hydrogen (secondary N) is 2. The van der Waals surface area contributed by atoms with Crippen molar-refractivity contribution in [3.8, 4) is 0 Å². The van der Waals surface area contributed by atoms with Gasteiger partial charge in [0, 0.05) is 6.42 Å². The first-order valence-corrected chi connectivity index (χ1v) is 4.83. The summed E-state index contributed by atoms with van der Waals surface area (Å²) in [4.78, 5) is 32.2. The molecule has 0 bridgehead atoms. The summed E-state index contributed by atoms with van der Waals surface area (Å²) in [5.41, 5.74) is 0. The number of hydrogen-bond donors (Lipinski definition) is 3. The number of carboxylic acids is 1. The predicted molar refractivity (Wildman–Crippen MR) is 51.0 cm³/mol.